The molecule has 2 heterocycles. The van der Waals surface area contributed by atoms with E-state index in [-0.39, 0.29) is 6.61 Å². The highest BCUT2D eigenvalue weighted by atomic mass is 16.7. The van der Waals surface area contributed by atoms with Crippen molar-refractivity contribution in [3.63, 3.8) is 0 Å². The molecule has 0 aromatic carbocycles. The first kappa shape index (κ1) is 10.7. The number of carbonyl (C=O) groups is 1. The van der Waals surface area contributed by atoms with Crippen LogP contribution in [0.25, 0.3) is 0 Å². The van der Waals surface area contributed by atoms with Gasteiger partial charge in [0.25, 0.3) is 6.35 Å². The van der Waals surface area contributed by atoms with Crippen molar-refractivity contribution in [2.24, 2.45) is 0 Å². The molecule has 88 valence electrons. The van der Waals surface area contributed by atoms with Gasteiger partial charge < -0.3 is 9.47 Å². The van der Waals surface area contributed by atoms with Crippen LogP contribution in [0, 0.1) is 6.92 Å². The third-order valence-corrected chi connectivity index (χ3v) is 2.15. The highest BCUT2D eigenvalue weighted by Gasteiger charge is 2.31. The maximum absolute atomic E-state index is 11.2. The number of fused-ring (bicyclic) bond motifs is 1. The second-order valence-electron chi connectivity index (χ2n) is 3.47. The molecule has 0 saturated carbocycles. The zero-order valence-electron chi connectivity index (χ0n) is 9.43. The fraction of sp³-hybridized carbons (Fsp3) is 0.556. The quantitative estimate of drug-likeness (QED) is 0.761. The molecule has 1 aromatic heterocycles. The van der Waals surface area contributed by atoms with Gasteiger partial charge in [0.2, 0.25) is 0 Å². The Kier molecular flexibility index (Phi) is 2.69. The maximum Gasteiger partial charge on any atom is 0.511 e. The minimum Gasteiger partial charge on any atom is -0.435 e. The summed E-state index contributed by atoms with van der Waals surface area (Å²) >= 11 is 0. The van der Waals surface area contributed by atoms with Gasteiger partial charge in [-0.2, -0.15) is 14.8 Å². The molecule has 2 rings (SSSR count). The van der Waals surface area contributed by atoms with Gasteiger partial charge in [0.05, 0.1) is 12.3 Å². The molecule has 0 saturated heterocycles. The summed E-state index contributed by atoms with van der Waals surface area (Å²) in [6.07, 6.45) is -1.31. The van der Waals surface area contributed by atoms with Crippen LogP contribution in [0.2, 0.25) is 0 Å². The Morgan fingerprint density at radius 2 is 2.44 bits per heavy atom. The summed E-state index contributed by atoms with van der Waals surface area (Å²) in [4.78, 5) is 11.2. The number of aryl methyl sites for hydroxylation is 1. The fourth-order valence-corrected chi connectivity index (χ4v) is 1.54. The minimum atomic E-state index is -0.706. The van der Waals surface area contributed by atoms with E-state index in [1.165, 1.54) is 0 Å². The Bertz CT molecular complexity index is 403. The molecule has 1 unspecified atom stereocenters. The van der Waals surface area contributed by atoms with E-state index in [0.29, 0.717) is 0 Å². The van der Waals surface area contributed by atoms with Gasteiger partial charge in [0.15, 0.2) is 0 Å². The molecule has 1 N–H and O–H groups in total. The van der Waals surface area contributed by atoms with Crippen LogP contribution >= 0.6 is 0 Å². The van der Waals surface area contributed by atoms with E-state index in [9.17, 15) is 4.79 Å². The van der Waals surface area contributed by atoms with Crippen LogP contribution in [0.3, 0.4) is 0 Å². The molecular weight excluding hydrogens is 212 g/mol. The maximum atomic E-state index is 11.2. The average molecular weight is 226 g/mol. The molecule has 0 radical (unpaired) electrons. The minimum absolute atomic E-state index is 0.285. The van der Waals surface area contributed by atoms with Gasteiger partial charge in [-0.05, 0) is 13.8 Å². The molecule has 16 heavy (non-hydrogen) atoms. The molecular formula is C9H14N4O3. The molecule has 0 fully saturated rings. The smallest absolute Gasteiger partial charge is 0.435 e. The van der Waals surface area contributed by atoms with E-state index in [1.54, 1.807) is 23.7 Å². The van der Waals surface area contributed by atoms with Gasteiger partial charge in [0, 0.05) is 13.1 Å². The summed E-state index contributed by atoms with van der Waals surface area (Å²) in [5.74, 6) is 0.786. The second-order valence-corrected chi connectivity index (χ2v) is 3.47. The lowest BCUT2D eigenvalue weighted by Gasteiger charge is -2.18. The lowest BCUT2D eigenvalue weighted by Crippen LogP contribution is -2.30. The molecule has 7 nitrogen and oxygen atoms in total. The highest BCUT2D eigenvalue weighted by Crippen LogP contribution is 2.27. The number of hydrogen-bond donors (Lipinski definition) is 1. The van der Waals surface area contributed by atoms with Crippen LogP contribution in [0.15, 0.2) is 6.07 Å². The van der Waals surface area contributed by atoms with Gasteiger partial charge in [-0.15, -0.1) is 0 Å². The summed E-state index contributed by atoms with van der Waals surface area (Å²) < 4.78 is 11.4. The number of anilines is 1. The molecule has 0 amide bonds. The molecule has 1 aliphatic rings. The largest absolute Gasteiger partial charge is 0.511 e. The van der Waals surface area contributed by atoms with Crippen LogP contribution in [0.5, 0.6) is 0 Å². The van der Waals surface area contributed by atoms with E-state index >= 15 is 0 Å². The molecule has 1 aliphatic heterocycles. The summed E-state index contributed by atoms with van der Waals surface area (Å²) in [5, 5.41) is 5.85. The van der Waals surface area contributed by atoms with Crippen LogP contribution < -0.4 is 5.43 Å². The van der Waals surface area contributed by atoms with Crippen molar-refractivity contribution in [3.8, 4) is 0 Å². The van der Waals surface area contributed by atoms with Gasteiger partial charge in [-0.25, -0.2) is 4.79 Å². The predicted molar refractivity (Wildman–Crippen MR) is 55.5 cm³/mol. The topological polar surface area (TPSA) is 68.6 Å². The molecule has 7 heteroatoms. The molecule has 0 spiro atoms. The lowest BCUT2D eigenvalue weighted by atomic mass is 10.5. The van der Waals surface area contributed by atoms with Crippen LogP contribution in [0.1, 0.15) is 19.0 Å². The molecule has 1 aromatic rings. The highest BCUT2D eigenvalue weighted by molar-refractivity contribution is 5.60. The zero-order valence-corrected chi connectivity index (χ0v) is 9.43. The Balaban J connectivity index is 2.12. The lowest BCUT2D eigenvalue weighted by molar-refractivity contribution is -0.0627. The number of nitrogens with one attached hydrogen (secondary N) is 1. The van der Waals surface area contributed by atoms with Gasteiger partial charge in [0.1, 0.15) is 5.82 Å². The number of rotatable bonds is 2. The number of carbonyl (C=O) groups excluding carboxylic acids is 1. The first-order valence-electron chi connectivity index (χ1n) is 5.01. The van der Waals surface area contributed by atoms with Gasteiger partial charge in [-0.1, -0.05) is 0 Å². The standard InChI is InChI=1S/C9H14N4O3/c1-4-15-9(14)16-8-12(3)11-7-5-6(2)10-13(7)8/h5,8,11H,4H2,1-3H3. The van der Waals surface area contributed by atoms with Crippen molar-refractivity contribution in [1.82, 2.24) is 14.8 Å². The summed E-state index contributed by atoms with van der Waals surface area (Å²) in [6, 6.07) is 1.87. The SMILES string of the molecule is CCOC(=O)OC1N(C)Nc2cc(C)nn21. The van der Waals surface area contributed by atoms with Crippen molar-refractivity contribution in [2.45, 2.75) is 20.2 Å². The number of nitrogens with zero attached hydrogens (tertiary/aromatic N) is 3. The Labute approximate surface area is 92.9 Å². The number of hydrogen-bond acceptors (Lipinski definition) is 6. The van der Waals surface area contributed by atoms with Gasteiger partial charge in [-0.3, -0.25) is 5.43 Å². The Morgan fingerprint density at radius 1 is 1.69 bits per heavy atom. The summed E-state index contributed by atoms with van der Waals surface area (Å²) in [6.45, 7) is 3.88. The number of hydrazine groups is 1. The zero-order chi connectivity index (χ0) is 11.7. The van der Waals surface area contributed by atoms with Crippen molar-refractivity contribution in [1.29, 1.82) is 0 Å². The fourth-order valence-electron chi connectivity index (χ4n) is 1.54. The van der Waals surface area contributed by atoms with E-state index < -0.39 is 12.5 Å². The predicted octanol–water partition coefficient (Wildman–Crippen LogP) is 1.09. The summed E-state index contributed by atoms with van der Waals surface area (Å²) in [5.41, 5.74) is 3.87. The third kappa shape index (κ3) is 1.81. The van der Waals surface area contributed by atoms with Crippen molar-refractivity contribution in [2.75, 3.05) is 19.1 Å². The van der Waals surface area contributed by atoms with E-state index in [4.69, 9.17) is 9.47 Å². The first-order valence-corrected chi connectivity index (χ1v) is 5.01. The number of aromatic nitrogens is 2. The Hall–Kier alpha value is -1.76. The van der Waals surface area contributed by atoms with Crippen molar-refractivity contribution < 1.29 is 14.3 Å². The van der Waals surface area contributed by atoms with E-state index in [1.807, 2.05) is 13.0 Å². The van der Waals surface area contributed by atoms with E-state index in [2.05, 4.69) is 10.5 Å². The van der Waals surface area contributed by atoms with Crippen molar-refractivity contribution in [3.05, 3.63) is 11.8 Å². The molecule has 0 aliphatic carbocycles. The van der Waals surface area contributed by atoms with Crippen LogP contribution in [-0.4, -0.2) is 34.6 Å². The number of ether oxygens (including phenoxy) is 2. The monoisotopic (exact) mass is 226 g/mol. The normalized spacial score (nSPS) is 19.1. The Morgan fingerprint density at radius 3 is 3.12 bits per heavy atom. The van der Waals surface area contributed by atoms with E-state index in [0.717, 1.165) is 11.5 Å². The third-order valence-electron chi connectivity index (χ3n) is 2.15. The average Bonchev–Trinajstić information content (AvgIpc) is 2.66. The first-order chi connectivity index (χ1) is 7.61. The second kappa shape index (κ2) is 4.01. The molecule has 0 bridgehead atoms. The van der Waals surface area contributed by atoms with Crippen LogP contribution in [0.4, 0.5) is 10.6 Å². The molecule has 1 atom stereocenters. The van der Waals surface area contributed by atoms with Crippen molar-refractivity contribution >= 4 is 12.0 Å². The van der Waals surface area contributed by atoms with Crippen LogP contribution in [-0.2, 0) is 9.47 Å². The van der Waals surface area contributed by atoms with Gasteiger partial charge >= 0.3 is 6.16 Å². The summed E-state index contributed by atoms with van der Waals surface area (Å²) in [7, 11) is 1.76.